The van der Waals surface area contributed by atoms with Crippen LogP contribution in [0.1, 0.15) is 17.9 Å². The Bertz CT molecular complexity index is 506. The van der Waals surface area contributed by atoms with Gasteiger partial charge < -0.3 is 9.47 Å². The van der Waals surface area contributed by atoms with Crippen LogP contribution in [0.4, 0.5) is 0 Å². The van der Waals surface area contributed by atoms with Crippen LogP contribution in [-0.4, -0.2) is 28.7 Å². The van der Waals surface area contributed by atoms with E-state index in [4.69, 9.17) is 20.2 Å². The average Bonchev–Trinajstić information content (AvgIpc) is 2.80. The van der Waals surface area contributed by atoms with Crippen LogP contribution in [0.2, 0.25) is 0 Å². The van der Waals surface area contributed by atoms with Gasteiger partial charge in [-0.1, -0.05) is 6.07 Å². The molecule has 4 nitrogen and oxygen atoms in total. The van der Waals surface area contributed by atoms with Crippen LogP contribution in [0.25, 0.3) is 0 Å². The average molecular weight is 277 g/mol. The Balaban J connectivity index is 2.44. The van der Waals surface area contributed by atoms with Crippen molar-refractivity contribution >= 4 is 19.7 Å². The first-order valence-electron chi connectivity index (χ1n) is 5.22. The number of hydrogen-bond acceptors (Lipinski definition) is 4. The van der Waals surface area contributed by atoms with Gasteiger partial charge in [0.1, 0.15) is 10.6 Å². The first-order chi connectivity index (χ1) is 8.02. The molecular formula is C11H13ClO4S. The molecule has 0 aromatic heterocycles. The third-order valence-electron chi connectivity index (χ3n) is 2.85. The van der Waals surface area contributed by atoms with Gasteiger partial charge in [-0.3, -0.25) is 0 Å². The van der Waals surface area contributed by atoms with E-state index in [1.54, 1.807) is 12.1 Å². The highest BCUT2D eigenvalue weighted by atomic mass is 35.7. The highest BCUT2D eigenvalue weighted by molar-refractivity contribution is 8.13. The zero-order chi connectivity index (χ0) is 12.5. The van der Waals surface area contributed by atoms with Crippen LogP contribution in [0.5, 0.6) is 5.75 Å². The summed E-state index contributed by atoms with van der Waals surface area (Å²) < 4.78 is 33.1. The van der Waals surface area contributed by atoms with Crippen LogP contribution in [0.3, 0.4) is 0 Å². The minimum Gasteiger partial charge on any atom is -0.495 e. The molecule has 0 spiro atoms. The van der Waals surface area contributed by atoms with E-state index in [9.17, 15) is 8.42 Å². The fourth-order valence-electron chi connectivity index (χ4n) is 1.94. The molecule has 6 heteroatoms. The number of halogens is 1. The predicted octanol–water partition coefficient (Wildman–Crippen LogP) is 2.13. The molecule has 94 valence electrons. The van der Waals surface area contributed by atoms with Gasteiger partial charge in [0, 0.05) is 23.2 Å². The molecule has 0 amide bonds. The molecule has 1 aliphatic heterocycles. The largest absolute Gasteiger partial charge is 0.495 e. The molecule has 1 unspecified atom stereocenters. The van der Waals surface area contributed by atoms with E-state index in [0.29, 0.717) is 13.2 Å². The van der Waals surface area contributed by atoms with Gasteiger partial charge in [0.05, 0.1) is 13.7 Å². The van der Waals surface area contributed by atoms with E-state index < -0.39 is 9.05 Å². The van der Waals surface area contributed by atoms with Gasteiger partial charge in [-0.2, -0.15) is 0 Å². The molecule has 1 heterocycles. The Kier molecular flexibility index (Phi) is 3.61. The van der Waals surface area contributed by atoms with Gasteiger partial charge in [0.15, 0.2) is 0 Å². The molecule has 1 saturated heterocycles. The minimum atomic E-state index is -3.79. The van der Waals surface area contributed by atoms with Crippen molar-refractivity contribution in [2.45, 2.75) is 17.2 Å². The Labute approximate surface area is 105 Å². The van der Waals surface area contributed by atoms with Crippen LogP contribution in [-0.2, 0) is 13.8 Å². The summed E-state index contributed by atoms with van der Waals surface area (Å²) in [5.74, 6) is 0.501. The normalized spacial score (nSPS) is 20.5. The highest BCUT2D eigenvalue weighted by Gasteiger charge is 2.22. The second-order valence-corrected chi connectivity index (χ2v) is 6.44. The molecule has 0 radical (unpaired) electrons. The second-order valence-electron chi connectivity index (χ2n) is 3.91. The highest BCUT2D eigenvalue weighted by Crippen LogP contribution is 2.33. The van der Waals surface area contributed by atoms with Crippen molar-refractivity contribution in [2.75, 3.05) is 20.3 Å². The van der Waals surface area contributed by atoms with Crippen LogP contribution in [0.15, 0.2) is 23.1 Å². The number of hydrogen-bond donors (Lipinski definition) is 0. The summed E-state index contributed by atoms with van der Waals surface area (Å²) in [5, 5.41) is 0. The maximum Gasteiger partial charge on any atom is 0.264 e. The summed E-state index contributed by atoms with van der Waals surface area (Å²) in [6, 6.07) is 5.05. The molecule has 1 fully saturated rings. The lowest BCUT2D eigenvalue weighted by Gasteiger charge is -2.11. The molecular weight excluding hydrogens is 264 g/mol. The van der Waals surface area contributed by atoms with Crippen molar-refractivity contribution in [2.24, 2.45) is 0 Å². The molecule has 1 atom stereocenters. The third kappa shape index (κ3) is 2.73. The molecule has 0 N–H and O–H groups in total. The Morgan fingerprint density at radius 3 is 2.76 bits per heavy atom. The quantitative estimate of drug-likeness (QED) is 0.794. The Hall–Kier alpha value is -0.780. The monoisotopic (exact) mass is 276 g/mol. The predicted molar refractivity (Wildman–Crippen MR) is 64.2 cm³/mol. The summed E-state index contributed by atoms with van der Waals surface area (Å²) in [6.07, 6.45) is 0.897. The van der Waals surface area contributed by atoms with Gasteiger partial charge in [-0.15, -0.1) is 0 Å². The Morgan fingerprint density at radius 2 is 2.24 bits per heavy atom. The standard InChI is InChI=1S/C11H13ClO4S/c1-15-10-3-2-8(9-4-5-16-7-9)6-11(10)17(12,13)14/h2-3,6,9H,4-5,7H2,1H3. The van der Waals surface area contributed by atoms with Gasteiger partial charge >= 0.3 is 0 Å². The van der Waals surface area contributed by atoms with Crippen LogP contribution < -0.4 is 4.74 Å². The number of ether oxygens (including phenoxy) is 2. The van der Waals surface area contributed by atoms with Crippen molar-refractivity contribution < 1.29 is 17.9 Å². The van der Waals surface area contributed by atoms with E-state index in [2.05, 4.69) is 0 Å². The minimum absolute atomic E-state index is 0.0195. The van der Waals surface area contributed by atoms with Gasteiger partial charge in [0.2, 0.25) is 0 Å². The lowest BCUT2D eigenvalue weighted by Crippen LogP contribution is -2.02. The third-order valence-corrected chi connectivity index (χ3v) is 4.19. The molecule has 2 rings (SSSR count). The summed E-state index contributed by atoms with van der Waals surface area (Å²) in [4.78, 5) is 0.0195. The Morgan fingerprint density at radius 1 is 1.47 bits per heavy atom. The number of benzene rings is 1. The van der Waals surface area contributed by atoms with Crippen molar-refractivity contribution in [3.05, 3.63) is 23.8 Å². The first-order valence-corrected chi connectivity index (χ1v) is 7.53. The maximum atomic E-state index is 11.4. The molecule has 0 saturated carbocycles. The van der Waals surface area contributed by atoms with Crippen LogP contribution in [0, 0.1) is 0 Å². The van der Waals surface area contributed by atoms with Crippen molar-refractivity contribution in [1.29, 1.82) is 0 Å². The number of methoxy groups -OCH3 is 1. The lowest BCUT2D eigenvalue weighted by molar-refractivity contribution is 0.194. The van der Waals surface area contributed by atoms with Gasteiger partial charge in [-0.25, -0.2) is 8.42 Å². The van der Waals surface area contributed by atoms with E-state index in [-0.39, 0.29) is 16.6 Å². The van der Waals surface area contributed by atoms with Crippen molar-refractivity contribution in [3.8, 4) is 5.75 Å². The summed E-state index contributed by atoms with van der Waals surface area (Å²) in [6.45, 7) is 1.33. The second kappa shape index (κ2) is 4.84. The van der Waals surface area contributed by atoms with E-state index in [0.717, 1.165) is 12.0 Å². The fourth-order valence-corrected chi connectivity index (χ4v) is 2.97. The molecule has 1 aliphatic rings. The summed E-state index contributed by atoms with van der Waals surface area (Å²) in [5.41, 5.74) is 0.919. The zero-order valence-corrected chi connectivity index (χ0v) is 10.9. The topological polar surface area (TPSA) is 52.6 Å². The summed E-state index contributed by atoms with van der Waals surface area (Å²) in [7, 11) is 3.01. The molecule has 1 aromatic carbocycles. The lowest BCUT2D eigenvalue weighted by atomic mass is 9.99. The smallest absolute Gasteiger partial charge is 0.264 e. The van der Waals surface area contributed by atoms with E-state index >= 15 is 0 Å². The first kappa shape index (κ1) is 12.7. The van der Waals surface area contributed by atoms with Crippen molar-refractivity contribution in [3.63, 3.8) is 0 Å². The van der Waals surface area contributed by atoms with E-state index in [1.807, 2.05) is 6.07 Å². The molecule has 0 bridgehead atoms. The van der Waals surface area contributed by atoms with Crippen molar-refractivity contribution in [1.82, 2.24) is 0 Å². The number of rotatable bonds is 3. The maximum absolute atomic E-state index is 11.4. The van der Waals surface area contributed by atoms with Gasteiger partial charge in [-0.05, 0) is 24.1 Å². The summed E-state index contributed by atoms with van der Waals surface area (Å²) >= 11 is 0. The fraction of sp³-hybridized carbons (Fsp3) is 0.455. The SMILES string of the molecule is COc1ccc(C2CCOC2)cc1S(=O)(=O)Cl. The molecule has 1 aromatic rings. The zero-order valence-electron chi connectivity index (χ0n) is 9.35. The molecule has 17 heavy (non-hydrogen) atoms. The van der Waals surface area contributed by atoms with Crippen LogP contribution >= 0.6 is 10.7 Å². The van der Waals surface area contributed by atoms with E-state index in [1.165, 1.54) is 7.11 Å². The molecule has 0 aliphatic carbocycles. The van der Waals surface area contributed by atoms with Gasteiger partial charge in [0.25, 0.3) is 9.05 Å².